The molecule has 1 aliphatic rings. The third kappa shape index (κ3) is 2.76. The molecule has 0 spiro atoms. The zero-order valence-corrected chi connectivity index (χ0v) is 12.9. The van der Waals surface area contributed by atoms with Crippen molar-refractivity contribution in [2.45, 2.75) is 45.7 Å². The lowest BCUT2D eigenvalue weighted by atomic mass is 9.94. The van der Waals surface area contributed by atoms with Gasteiger partial charge in [0.25, 0.3) is 0 Å². The van der Waals surface area contributed by atoms with Crippen LogP contribution in [-0.4, -0.2) is 26.8 Å². The summed E-state index contributed by atoms with van der Waals surface area (Å²) in [4.78, 5) is 1.50. The number of fused-ring (bicyclic) bond motifs is 1. The van der Waals surface area contributed by atoms with Crippen LogP contribution in [-0.2, 0) is 13.0 Å². The van der Waals surface area contributed by atoms with Crippen molar-refractivity contribution in [1.29, 1.82) is 0 Å². The van der Waals surface area contributed by atoms with Crippen molar-refractivity contribution in [1.82, 2.24) is 25.5 Å². The van der Waals surface area contributed by atoms with E-state index < -0.39 is 0 Å². The molecule has 1 aliphatic carbocycles. The lowest BCUT2D eigenvalue weighted by Crippen LogP contribution is -2.25. The third-order valence-electron chi connectivity index (χ3n) is 3.71. The lowest BCUT2D eigenvalue weighted by Gasteiger charge is -2.23. The molecule has 0 saturated carbocycles. The highest BCUT2D eigenvalue weighted by Gasteiger charge is 2.25. The van der Waals surface area contributed by atoms with Gasteiger partial charge in [-0.05, 0) is 59.2 Å². The molecule has 0 radical (unpaired) electrons. The Morgan fingerprint density at radius 2 is 2.40 bits per heavy atom. The standard InChI is InChI=1S/C14H21N5S/c1-10(2)8-15-9-14-16-17-18-19(14)12-4-3-5-13-11(12)6-7-20-13/h6-7,10,12,15H,3-5,8-9H2,1-2H3. The molecule has 1 atom stereocenters. The van der Waals surface area contributed by atoms with Crippen molar-refractivity contribution in [3.05, 3.63) is 27.7 Å². The molecule has 0 fully saturated rings. The molecule has 1 unspecified atom stereocenters. The van der Waals surface area contributed by atoms with Crippen LogP contribution >= 0.6 is 11.3 Å². The Bertz CT molecular complexity index is 559. The Morgan fingerprint density at radius 3 is 3.25 bits per heavy atom. The first-order chi connectivity index (χ1) is 9.75. The molecule has 2 aromatic rings. The van der Waals surface area contributed by atoms with E-state index in [0.717, 1.165) is 25.3 Å². The summed E-state index contributed by atoms with van der Waals surface area (Å²) in [5.41, 5.74) is 1.42. The van der Waals surface area contributed by atoms with Crippen molar-refractivity contribution in [2.75, 3.05) is 6.54 Å². The fourth-order valence-corrected chi connectivity index (χ4v) is 3.74. The number of hydrogen-bond acceptors (Lipinski definition) is 5. The van der Waals surface area contributed by atoms with Gasteiger partial charge in [-0.1, -0.05) is 13.8 Å². The van der Waals surface area contributed by atoms with E-state index in [-0.39, 0.29) is 0 Å². The van der Waals surface area contributed by atoms with Crippen molar-refractivity contribution >= 4 is 11.3 Å². The van der Waals surface area contributed by atoms with Gasteiger partial charge in [0.15, 0.2) is 5.82 Å². The highest BCUT2D eigenvalue weighted by atomic mass is 32.1. The summed E-state index contributed by atoms with van der Waals surface area (Å²) in [5.74, 6) is 1.58. The van der Waals surface area contributed by atoms with E-state index in [0.29, 0.717) is 12.0 Å². The van der Waals surface area contributed by atoms with Gasteiger partial charge in [-0.25, -0.2) is 4.68 Å². The molecule has 0 saturated heterocycles. The van der Waals surface area contributed by atoms with E-state index in [1.807, 2.05) is 16.0 Å². The van der Waals surface area contributed by atoms with Crippen LogP contribution in [0.1, 0.15) is 49.0 Å². The van der Waals surface area contributed by atoms with Gasteiger partial charge in [-0.2, -0.15) is 0 Å². The molecule has 0 bridgehead atoms. The Hall–Kier alpha value is -1.27. The second-order valence-electron chi connectivity index (χ2n) is 5.77. The lowest BCUT2D eigenvalue weighted by molar-refractivity contribution is 0.421. The maximum Gasteiger partial charge on any atom is 0.165 e. The summed E-state index contributed by atoms with van der Waals surface area (Å²) in [6, 6.07) is 2.55. The molecule has 2 aromatic heterocycles. The zero-order chi connectivity index (χ0) is 13.9. The van der Waals surface area contributed by atoms with Crippen LogP contribution in [0.25, 0.3) is 0 Å². The van der Waals surface area contributed by atoms with E-state index in [4.69, 9.17) is 0 Å². The largest absolute Gasteiger partial charge is 0.310 e. The predicted octanol–water partition coefficient (Wildman–Crippen LogP) is 2.41. The van der Waals surface area contributed by atoms with Gasteiger partial charge < -0.3 is 5.32 Å². The molecule has 5 nitrogen and oxygen atoms in total. The summed E-state index contributed by atoms with van der Waals surface area (Å²) >= 11 is 1.86. The van der Waals surface area contributed by atoms with Crippen LogP contribution in [0.2, 0.25) is 0 Å². The number of hydrogen-bond donors (Lipinski definition) is 1. The third-order valence-corrected chi connectivity index (χ3v) is 4.71. The highest BCUT2D eigenvalue weighted by Crippen LogP contribution is 2.35. The van der Waals surface area contributed by atoms with Gasteiger partial charge in [0, 0.05) is 4.88 Å². The van der Waals surface area contributed by atoms with E-state index in [9.17, 15) is 0 Å². The first kappa shape index (κ1) is 13.7. The van der Waals surface area contributed by atoms with E-state index in [1.54, 1.807) is 0 Å². The normalized spacial score (nSPS) is 18.4. The Balaban J connectivity index is 1.77. The number of rotatable bonds is 5. The zero-order valence-electron chi connectivity index (χ0n) is 12.0. The predicted molar refractivity (Wildman–Crippen MR) is 79.8 cm³/mol. The Labute approximate surface area is 123 Å². The van der Waals surface area contributed by atoms with Gasteiger partial charge in [0.05, 0.1) is 12.6 Å². The first-order valence-corrected chi connectivity index (χ1v) is 8.17. The fourth-order valence-electron chi connectivity index (χ4n) is 2.76. The molecule has 3 rings (SSSR count). The maximum atomic E-state index is 4.24. The second-order valence-corrected chi connectivity index (χ2v) is 6.77. The van der Waals surface area contributed by atoms with Crippen LogP contribution in [0.15, 0.2) is 11.4 Å². The average molecular weight is 291 g/mol. The smallest absolute Gasteiger partial charge is 0.165 e. The number of aryl methyl sites for hydroxylation is 1. The van der Waals surface area contributed by atoms with E-state index in [1.165, 1.54) is 23.3 Å². The maximum absolute atomic E-state index is 4.24. The average Bonchev–Trinajstić information content (AvgIpc) is 3.05. The van der Waals surface area contributed by atoms with Crippen molar-refractivity contribution in [3.63, 3.8) is 0 Å². The monoisotopic (exact) mass is 291 g/mol. The Morgan fingerprint density at radius 1 is 1.50 bits per heavy atom. The minimum absolute atomic E-state index is 0.316. The number of aromatic nitrogens is 4. The number of nitrogens with one attached hydrogen (secondary N) is 1. The van der Waals surface area contributed by atoms with Crippen molar-refractivity contribution in [3.8, 4) is 0 Å². The molecule has 0 amide bonds. The van der Waals surface area contributed by atoms with Crippen molar-refractivity contribution in [2.24, 2.45) is 5.92 Å². The molecule has 0 aliphatic heterocycles. The highest BCUT2D eigenvalue weighted by molar-refractivity contribution is 7.10. The molecular weight excluding hydrogens is 270 g/mol. The molecular formula is C14H21N5S. The van der Waals surface area contributed by atoms with Crippen LogP contribution < -0.4 is 5.32 Å². The summed E-state index contributed by atoms with van der Waals surface area (Å²) in [6.07, 6.45) is 3.55. The van der Waals surface area contributed by atoms with Gasteiger partial charge in [0.1, 0.15) is 0 Å². The minimum Gasteiger partial charge on any atom is -0.310 e. The second kappa shape index (κ2) is 6.01. The van der Waals surface area contributed by atoms with E-state index >= 15 is 0 Å². The van der Waals surface area contributed by atoms with Crippen molar-refractivity contribution < 1.29 is 0 Å². The minimum atomic E-state index is 0.316. The number of tetrazole rings is 1. The SMILES string of the molecule is CC(C)CNCc1nnnn1C1CCCc2sccc21. The number of thiophene rings is 1. The van der Waals surface area contributed by atoms with E-state index in [2.05, 4.69) is 46.1 Å². The number of nitrogens with zero attached hydrogens (tertiary/aromatic N) is 4. The summed E-state index contributed by atoms with van der Waals surface area (Å²) in [7, 11) is 0. The topological polar surface area (TPSA) is 55.6 Å². The quantitative estimate of drug-likeness (QED) is 0.919. The molecule has 1 N–H and O–H groups in total. The van der Waals surface area contributed by atoms with Gasteiger partial charge in [-0.3, -0.25) is 0 Å². The Kier molecular flexibility index (Phi) is 4.12. The molecule has 0 aromatic carbocycles. The van der Waals surface area contributed by atoms with Crippen LogP contribution in [0.5, 0.6) is 0 Å². The molecule has 2 heterocycles. The first-order valence-electron chi connectivity index (χ1n) is 7.29. The molecule has 20 heavy (non-hydrogen) atoms. The van der Waals surface area contributed by atoms with Crippen LogP contribution in [0, 0.1) is 5.92 Å². The molecule has 108 valence electrons. The fraction of sp³-hybridized carbons (Fsp3) is 0.643. The summed E-state index contributed by atoms with van der Waals surface area (Å²) < 4.78 is 2.01. The van der Waals surface area contributed by atoms with Crippen LogP contribution in [0.4, 0.5) is 0 Å². The summed E-state index contributed by atoms with van der Waals surface area (Å²) in [5, 5.41) is 17.9. The van der Waals surface area contributed by atoms with Gasteiger partial charge >= 0.3 is 0 Å². The molecule has 6 heteroatoms. The van der Waals surface area contributed by atoms with Crippen LogP contribution in [0.3, 0.4) is 0 Å². The van der Waals surface area contributed by atoms with Gasteiger partial charge in [0.2, 0.25) is 0 Å². The van der Waals surface area contributed by atoms with Gasteiger partial charge in [-0.15, -0.1) is 16.4 Å². The summed E-state index contributed by atoms with van der Waals surface area (Å²) in [6.45, 7) is 6.13.